The van der Waals surface area contributed by atoms with Crippen LogP contribution in [0.2, 0.25) is 0 Å². The van der Waals surface area contributed by atoms with Crippen molar-refractivity contribution in [2.45, 2.75) is 12.6 Å². The van der Waals surface area contributed by atoms with Crippen molar-refractivity contribution in [3.8, 4) is 11.1 Å². The first-order valence-corrected chi connectivity index (χ1v) is 10.4. The summed E-state index contributed by atoms with van der Waals surface area (Å²) in [5, 5.41) is 2.49. The van der Waals surface area contributed by atoms with Gasteiger partial charge in [0.2, 0.25) is 5.91 Å². The molecular formula is C25H21F4N5O2. The minimum Gasteiger partial charge on any atom is -0.398 e. The van der Waals surface area contributed by atoms with Gasteiger partial charge in [0.05, 0.1) is 35.1 Å². The Labute approximate surface area is 203 Å². The molecule has 186 valence electrons. The highest BCUT2D eigenvalue weighted by Crippen LogP contribution is 2.36. The number of carbonyl (C=O) groups excluding carboxylic acids is 2. The van der Waals surface area contributed by atoms with Crippen molar-refractivity contribution in [2.75, 3.05) is 12.4 Å². The van der Waals surface area contributed by atoms with E-state index >= 15 is 0 Å². The molecule has 3 aromatic rings. The number of amides is 2. The summed E-state index contributed by atoms with van der Waals surface area (Å²) in [6, 6.07) is 11.2. The number of aliphatic imine (C=N–C) groups is 1. The second kappa shape index (κ2) is 10.8. The summed E-state index contributed by atoms with van der Waals surface area (Å²) < 4.78 is 55.3. The second-order valence-corrected chi connectivity index (χ2v) is 7.59. The quantitative estimate of drug-likeness (QED) is 0.333. The van der Waals surface area contributed by atoms with Crippen LogP contribution in [0.4, 0.5) is 23.2 Å². The van der Waals surface area contributed by atoms with Gasteiger partial charge in [0.1, 0.15) is 5.82 Å². The third-order valence-electron chi connectivity index (χ3n) is 5.02. The minimum atomic E-state index is -4.92. The molecular weight excluding hydrogens is 478 g/mol. The van der Waals surface area contributed by atoms with Crippen LogP contribution in [0.3, 0.4) is 0 Å². The molecule has 0 bridgehead atoms. The van der Waals surface area contributed by atoms with Gasteiger partial charge in [-0.1, -0.05) is 30.3 Å². The van der Waals surface area contributed by atoms with Crippen LogP contribution in [0.1, 0.15) is 27.2 Å². The van der Waals surface area contributed by atoms with Crippen LogP contribution in [-0.2, 0) is 17.4 Å². The molecule has 0 unspecified atom stereocenters. The van der Waals surface area contributed by atoms with Crippen LogP contribution < -0.4 is 16.8 Å². The Morgan fingerprint density at radius 1 is 1.08 bits per heavy atom. The van der Waals surface area contributed by atoms with Gasteiger partial charge in [-0.05, 0) is 29.8 Å². The molecule has 0 aliphatic heterocycles. The van der Waals surface area contributed by atoms with Gasteiger partial charge in [-0.15, -0.1) is 0 Å². The first kappa shape index (κ1) is 26.1. The van der Waals surface area contributed by atoms with Crippen LogP contribution in [-0.4, -0.2) is 30.1 Å². The number of rotatable bonds is 7. The van der Waals surface area contributed by atoms with Gasteiger partial charge in [0.25, 0.3) is 5.91 Å². The highest BCUT2D eigenvalue weighted by Gasteiger charge is 2.35. The first-order chi connectivity index (χ1) is 17.0. The minimum absolute atomic E-state index is 0.141. The molecule has 2 aromatic carbocycles. The number of allylic oxidation sites excluding steroid dienone is 1. The average Bonchev–Trinajstić information content (AvgIpc) is 2.82. The fourth-order valence-electron chi connectivity index (χ4n) is 3.38. The number of pyridine rings is 1. The lowest BCUT2D eigenvalue weighted by molar-refractivity contribution is -0.138. The largest absolute Gasteiger partial charge is 0.417 e. The van der Waals surface area contributed by atoms with Crippen molar-refractivity contribution >= 4 is 29.4 Å². The Morgan fingerprint density at radius 3 is 2.39 bits per heavy atom. The number of hydrogen-bond acceptors (Lipinski definition) is 5. The zero-order valence-corrected chi connectivity index (χ0v) is 18.9. The predicted molar refractivity (Wildman–Crippen MR) is 129 cm³/mol. The molecule has 11 heteroatoms. The monoisotopic (exact) mass is 499 g/mol. The summed E-state index contributed by atoms with van der Waals surface area (Å²) in [7, 11) is 1.39. The number of carbonyl (C=O) groups is 2. The van der Waals surface area contributed by atoms with Crippen LogP contribution in [0, 0.1) is 5.82 Å². The van der Waals surface area contributed by atoms with Crippen molar-refractivity contribution in [2.24, 2.45) is 16.5 Å². The van der Waals surface area contributed by atoms with E-state index in [1.165, 1.54) is 25.5 Å². The second-order valence-electron chi connectivity index (χ2n) is 7.59. The molecule has 5 N–H and O–H groups in total. The molecule has 0 saturated heterocycles. The van der Waals surface area contributed by atoms with Crippen LogP contribution in [0.15, 0.2) is 65.8 Å². The summed E-state index contributed by atoms with van der Waals surface area (Å²) in [6.45, 7) is 0. The summed E-state index contributed by atoms with van der Waals surface area (Å²) in [4.78, 5) is 32.1. The Bertz CT molecular complexity index is 1350. The van der Waals surface area contributed by atoms with Crippen LogP contribution in [0.25, 0.3) is 16.8 Å². The van der Waals surface area contributed by atoms with Crippen LogP contribution >= 0.6 is 0 Å². The van der Waals surface area contributed by atoms with E-state index in [9.17, 15) is 27.2 Å². The fraction of sp³-hybridized carbons (Fsp3) is 0.120. The van der Waals surface area contributed by atoms with E-state index in [1.54, 1.807) is 30.3 Å². The van der Waals surface area contributed by atoms with Crippen molar-refractivity contribution < 1.29 is 27.2 Å². The van der Waals surface area contributed by atoms with Gasteiger partial charge in [-0.2, -0.15) is 13.2 Å². The Hall–Kier alpha value is -4.54. The van der Waals surface area contributed by atoms with E-state index in [0.29, 0.717) is 16.8 Å². The summed E-state index contributed by atoms with van der Waals surface area (Å²) in [5.74, 6) is -3.03. The molecule has 0 aliphatic carbocycles. The summed E-state index contributed by atoms with van der Waals surface area (Å²) >= 11 is 0. The summed E-state index contributed by atoms with van der Waals surface area (Å²) in [5.41, 5.74) is 9.64. The lowest BCUT2D eigenvalue weighted by Crippen LogP contribution is -2.19. The van der Waals surface area contributed by atoms with Gasteiger partial charge in [-0.3, -0.25) is 19.6 Å². The maximum Gasteiger partial charge on any atom is 0.417 e. The molecule has 2 amide bonds. The topological polar surface area (TPSA) is 123 Å². The number of aromatic nitrogens is 1. The predicted octanol–water partition coefficient (Wildman–Crippen LogP) is 4.19. The average molecular weight is 499 g/mol. The SMILES string of the molecule is CN=CC=C(N)c1cc(C(=O)Nc2cnc(CC(N)=O)cc2-c2ccccc2)c(F)cc1C(F)(F)F. The maximum atomic E-state index is 14.7. The highest BCUT2D eigenvalue weighted by atomic mass is 19.4. The zero-order valence-electron chi connectivity index (χ0n) is 18.9. The van der Waals surface area contributed by atoms with Crippen molar-refractivity contribution in [1.82, 2.24) is 4.98 Å². The lowest BCUT2D eigenvalue weighted by atomic mass is 9.99. The summed E-state index contributed by atoms with van der Waals surface area (Å²) in [6.07, 6.45) is -1.54. The molecule has 0 radical (unpaired) electrons. The molecule has 0 fully saturated rings. The molecule has 1 heterocycles. The molecule has 0 spiro atoms. The van der Waals surface area contributed by atoms with E-state index in [0.717, 1.165) is 12.1 Å². The van der Waals surface area contributed by atoms with E-state index < -0.39 is 40.5 Å². The normalized spacial score (nSPS) is 12.1. The first-order valence-electron chi connectivity index (χ1n) is 10.4. The van der Waals surface area contributed by atoms with Crippen LogP contribution in [0.5, 0.6) is 0 Å². The van der Waals surface area contributed by atoms with E-state index in [1.807, 2.05) is 0 Å². The number of nitrogens with one attached hydrogen (secondary N) is 1. The van der Waals surface area contributed by atoms with Gasteiger partial charge in [0, 0.05) is 30.1 Å². The number of benzene rings is 2. The Morgan fingerprint density at radius 2 is 1.78 bits per heavy atom. The third-order valence-corrected chi connectivity index (χ3v) is 5.02. The van der Waals surface area contributed by atoms with Crippen molar-refractivity contribution in [3.63, 3.8) is 0 Å². The molecule has 0 saturated carbocycles. The lowest BCUT2D eigenvalue weighted by Gasteiger charge is -2.16. The number of hydrogen-bond donors (Lipinski definition) is 3. The Kier molecular flexibility index (Phi) is 7.83. The van der Waals surface area contributed by atoms with E-state index in [-0.39, 0.29) is 23.9 Å². The third kappa shape index (κ3) is 6.12. The maximum absolute atomic E-state index is 14.7. The number of alkyl halides is 3. The smallest absolute Gasteiger partial charge is 0.398 e. The van der Waals surface area contributed by atoms with E-state index in [4.69, 9.17) is 11.5 Å². The van der Waals surface area contributed by atoms with Gasteiger partial charge in [-0.25, -0.2) is 4.39 Å². The van der Waals surface area contributed by atoms with Crippen molar-refractivity contribution in [3.05, 3.63) is 89.0 Å². The number of anilines is 1. The molecule has 0 atom stereocenters. The fourth-order valence-corrected chi connectivity index (χ4v) is 3.38. The number of halogens is 4. The molecule has 7 nitrogen and oxygen atoms in total. The molecule has 0 aliphatic rings. The molecule has 3 rings (SSSR count). The van der Waals surface area contributed by atoms with Gasteiger partial charge in [0.15, 0.2) is 0 Å². The van der Waals surface area contributed by atoms with E-state index in [2.05, 4.69) is 15.3 Å². The molecule has 36 heavy (non-hydrogen) atoms. The van der Waals surface area contributed by atoms with Gasteiger partial charge < -0.3 is 16.8 Å². The number of nitrogens with zero attached hydrogens (tertiary/aromatic N) is 2. The number of nitrogens with two attached hydrogens (primary N) is 2. The molecule has 1 aromatic heterocycles. The number of primary amides is 1. The Balaban J connectivity index is 2.08. The van der Waals surface area contributed by atoms with Crippen molar-refractivity contribution in [1.29, 1.82) is 0 Å². The highest BCUT2D eigenvalue weighted by molar-refractivity contribution is 6.07. The standard InChI is InChI=1S/C25H21F4N5O2/c1-32-8-7-21(30)17-11-18(20(26)12-19(17)25(27,28)29)24(36)34-22-13-33-15(10-23(31)35)9-16(22)14-5-3-2-4-6-14/h2-9,11-13H,10,30H2,1H3,(H2,31,35)(H,34,36). The zero-order chi connectivity index (χ0) is 26.5. The van der Waals surface area contributed by atoms with Gasteiger partial charge >= 0.3 is 6.18 Å².